The van der Waals surface area contributed by atoms with E-state index in [-0.39, 0.29) is 0 Å². The first-order valence-electron chi connectivity index (χ1n) is 8.60. The molecule has 1 aromatic carbocycles. The van der Waals surface area contributed by atoms with E-state index in [1.165, 1.54) is 5.69 Å². The van der Waals surface area contributed by atoms with Crippen molar-refractivity contribution in [1.29, 1.82) is 0 Å². The fourth-order valence-corrected chi connectivity index (χ4v) is 3.36. The lowest BCUT2D eigenvalue weighted by Crippen LogP contribution is -2.28. The molecule has 5 rings (SSSR count). The third-order valence-corrected chi connectivity index (χ3v) is 4.61. The summed E-state index contributed by atoms with van der Waals surface area (Å²) in [5.41, 5.74) is 4.26. The van der Waals surface area contributed by atoms with Gasteiger partial charge in [-0.25, -0.2) is 14.6 Å². The molecule has 26 heavy (non-hydrogen) atoms. The van der Waals surface area contributed by atoms with Gasteiger partial charge in [0.05, 0.1) is 24.5 Å². The van der Waals surface area contributed by atoms with Crippen LogP contribution in [0.4, 0.5) is 0 Å². The van der Waals surface area contributed by atoms with Crippen LogP contribution < -0.4 is 5.32 Å². The summed E-state index contributed by atoms with van der Waals surface area (Å²) in [4.78, 5) is 8.60. The van der Waals surface area contributed by atoms with Gasteiger partial charge in [-0.2, -0.15) is 10.2 Å². The van der Waals surface area contributed by atoms with Gasteiger partial charge in [0.25, 0.3) is 0 Å². The van der Waals surface area contributed by atoms with Crippen LogP contribution in [0.1, 0.15) is 11.3 Å². The molecule has 8 heteroatoms. The Hall–Kier alpha value is -3.26. The summed E-state index contributed by atoms with van der Waals surface area (Å²) in [6.07, 6.45) is 7.07. The highest BCUT2D eigenvalue weighted by Crippen LogP contribution is 2.21. The Morgan fingerprint density at radius 2 is 2.15 bits per heavy atom. The highest BCUT2D eigenvalue weighted by atomic mass is 15.3. The van der Waals surface area contributed by atoms with E-state index < -0.39 is 0 Å². The lowest BCUT2D eigenvalue weighted by atomic mass is 10.1. The Kier molecular flexibility index (Phi) is 3.60. The first-order chi connectivity index (χ1) is 12.9. The Balaban J connectivity index is 1.50. The Morgan fingerprint density at radius 1 is 1.19 bits per heavy atom. The zero-order valence-corrected chi connectivity index (χ0v) is 14.2. The number of hydrogen-bond acceptors (Lipinski definition) is 5. The standard InChI is InChI=1S/C18H18N8/c1-2-4-17(26-13-20-12-22-26)14(3-1)11-24-7-6-21-18(24)16-9-15-10-19-5-8-25(15)23-16/h1-4,6-7,9,12-13,19H,5,8,10-11H2. The van der Waals surface area contributed by atoms with Crippen LogP contribution in [0.25, 0.3) is 17.2 Å². The van der Waals surface area contributed by atoms with Gasteiger partial charge in [0.1, 0.15) is 18.3 Å². The smallest absolute Gasteiger partial charge is 0.160 e. The molecule has 4 heterocycles. The van der Waals surface area contributed by atoms with E-state index in [9.17, 15) is 0 Å². The SMILES string of the molecule is c1ccc(-n2cncn2)c(Cn2ccnc2-c2cc3n(n2)CCNC3)c1. The minimum Gasteiger partial charge on any atom is -0.325 e. The average Bonchev–Trinajstić information content (AvgIpc) is 3.42. The largest absolute Gasteiger partial charge is 0.325 e. The van der Waals surface area contributed by atoms with Gasteiger partial charge in [0.2, 0.25) is 0 Å². The van der Waals surface area contributed by atoms with Gasteiger partial charge in [-0.1, -0.05) is 18.2 Å². The van der Waals surface area contributed by atoms with E-state index in [1.54, 1.807) is 17.3 Å². The molecule has 0 radical (unpaired) electrons. The normalized spacial score (nSPS) is 13.7. The van der Waals surface area contributed by atoms with Crippen LogP contribution in [-0.2, 0) is 19.6 Å². The van der Waals surface area contributed by atoms with E-state index in [0.29, 0.717) is 6.54 Å². The molecule has 0 saturated heterocycles. The average molecular weight is 346 g/mol. The fourth-order valence-electron chi connectivity index (χ4n) is 3.36. The molecular weight excluding hydrogens is 328 g/mol. The minimum absolute atomic E-state index is 0.686. The maximum atomic E-state index is 4.73. The summed E-state index contributed by atoms with van der Waals surface area (Å²) in [5.74, 6) is 0.875. The molecule has 0 fully saturated rings. The maximum absolute atomic E-state index is 4.73. The van der Waals surface area contributed by atoms with Crippen molar-refractivity contribution >= 4 is 0 Å². The van der Waals surface area contributed by atoms with Crippen LogP contribution in [-0.4, -0.2) is 40.6 Å². The van der Waals surface area contributed by atoms with Crippen LogP contribution >= 0.6 is 0 Å². The van der Waals surface area contributed by atoms with Crippen molar-refractivity contribution in [3.8, 4) is 17.2 Å². The highest BCUT2D eigenvalue weighted by molar-refractivity contribution is 5.51. The minimum atomic E-state index is 0.686. The molecule has 0 atom stereocenters. The number of aromatic nitrogens is 7. The Morgan fingerprint density at radius 3 is 3.04 bits per heavy atom. The first-order valence-corrected chi connectivity index (χ1v) is 8.60. The number of para-hydroxylation sites is 1. The van der Waals surface area contributed by atoms with Gasteiger partial charge in [-0.3, -0.25) is 4.68 Å². The fraction of sp³-hybridized carbons (Fsp3) is 0.222. The van der Waals surface area contributed by atoms with E-state index in [1.807, 2.05) is 30.6 Å². The summed E-state index contributed by atoms with van der Waals surface area (Å²) in [6, 6.07) is 10.3. The van der Waals surface area contributed by atoms with Crippen molar-refractivity contribution in [3.05, 3.63) is 66.6 Å². The van der Waals surface area contributed by atoms with Crippen molar-refractivity contribution < 1.29 is 0 Å². The molecular formula is C18H18N8. The molecule has 0 amide bonds. The number of benzene rings is 1. The second-order valence-corrected chi connectivity index (χ2v) is 6.27. The van der Waals surface area contributed by atoms with Gasteiger partial charge in [0.15, 0.2) is 5.82 Å². The lowest BCUT2D eigenvalue weighted by molar-refractivity contribution is 0.476. The first kappa shape index (κ1) is 15.0. The van der Waals surface area contributed by atoms with Gasteiger partial charge < -0.3 is 9.88 Å². The van der Waals surface area contributed by atoms with Gasteiger partial charge in [0, 0.05) is 25.5 Å². The van der Waals surface area contributed by atoms with E-state index in [2.05, 4.69) is 41.8 Å². The maximum Gasteiger partial charge on any atom is 0.160 e. The van der Waals surface area contributed by atoms with Gasteiger partial charge in [-0.05, 0) is 17.7 Å². The summed E-state index contributed by atoms with van der Waals surface area (Å²) in [7, 11) is 0. The zero-order valence-electron chi connectivity index (χ0n) is 14.2. The van der Waals surface area contributed by atoms with Gasteiger partial charge in [-0.15, -0.1) is 0 Å². The topological polar surface area (TPSA) is 78.4 Å². The molecule has 4 aromatic rings. The summed E-state index contributed by atoms with van der Waals surface area (Å²) in [6.45, 7) is 3.38. The summed E-state index contributed by atoms with van der Waals surface area (Å²) in [5, 5.41) is 12.4. The van der Waals surface area contributed by atoms with Crippen molar-refractivity contribution in [2.45, 2.75) is 19.6 Å². The second kappa shape index (κ2) is 6.23. The lowest BCUT2D eigenvalue weighted by Gasteiger charge is -2.13. The number of rotatable bonds is 4. The molecule has 0 bridgehead atoms. The third kappa shape index (κ3) is 2.60. The summed E-state index contributed by atoms with van der Waals surface area (Å²) < 4.78 is 5.97. The highest BCUT2D eigenvalue weighted by Gasteiger charge is 2.16. The van der Waals surface area contributed by atoms with Crippen molar-refractivity contribution in [2.24, 2.45) is 0 Å². The Labute approximate surface area is 150 Å². The van der Waals surface area contributed by atoms with Crippen LogP contribution in [0, 0.1) is 0 Å². The number of imidazole rings is 1. The third-order valence-electron chi connectivity index (χ3n) is 4.61. The second-order valence-electron chi connectivity index (χ2n) is 6.27. The van der Waals surface area contributed by atoms with Crippen molar-refractivity contribution in [3.63, 3.8) is 0 Å². The Bertz CT molecular complexity index is 1000. The quantitative estimate of drug-likeness (QED) is 0.605. The van der Waals surface area contributed by atoms with Crippen molar-refractivity contribution in [2.75, 3.05) is 6.54 Å². The molecule has 1 aliphatic rings. The number of nitrogens with zero attached hydrogens (tertiary/aromatic N) is 7. The van der Waals surface area contributed by atoms with Crippen molar-refractivity contribution in [1.82, 2.24) is 39.4 Å². The summed E-state index contributed by atoms with van der Waals surface area (Å²) >= 11 is 0. The molecule has 0 aliphatic carbocycles. The molecule has 1 aliphatic heterocycles. The zero-order chi connectivity index (χ0) is 17.3. The molecule has 130 valence electrons. The van der Waals surface area contributed by atoms with Crippen LogP contribution in [0.2, 0.25) is 0 Å². The van der Waals surface area contributed by atoms with Crippen LogP contribution in [0.5, 0.6) is 0 Å². The molecule has 0 saturated carbocycles. The van der Waals surface area contributed by atoms with E-state index in [0.717, 1.165) is 42.4 Å². The van der Waals surface area contributed by atoms with E-state index in [4.69, 9.17) is 5.10 Å². The van der Waals surface area contributed by atoms with Crippen LogP contribution in [0.15, 0.2) is 55.4 Å². The monoisotopic (exact) mass is 346 g/mol. The predicted molar refractivity (Wildman–Crippen MR) is 95.6 cm³/mol. The molecule has 3 aromatic heterocycles. The number of nitrogens with one attached hydrogen (secondary N) is 1. The van der Waals surface area contributed by atoms with Crippen LogP contribution in [0.3, 0.4) is 0 Å². The predicted octanol–water partition coefficient (Wildman–Crippen LogP) is 1.48. The number of hydrogen-bond donors (Lipinski definition) is 1. The molecule has 0 unspecified atom stereocenters. The molecule has 1 N–H and O–H groups in total. The number of fused-ring (bicyclic) bond motifs is 1. The molecule has 0 spiro atoms. The van der Waals surface area contributed by atoms with E-state index >= 15 is 0 Å². The van der Waals surface area contributed by atoms with Gasteiger partial charge >= 0.3 is 0 Å². The molecule has 8 nitrogen and oxygen atoms in total.